The van der Waals surface area contributed by atoms with Crippen LogP contribution in [0.3, 0.4) is 0 Å². The van der Waals surface area contributed by atoms with Gasteiger partial charge >= 0.3 is 0 Å². The number of likely N-dealkylation sites (tertiary alicyclic amines) is 1. The summed E-state index contributed by atoms with van der Waals surface area (Å²) >= 11 is 1.34. The van der Waals surface area contributed by atoms with Crippen LogP contribution < -0.4 is 14.2 Å². The Morgan fingerprint density at radius 1 is 1.16 bits per heavy atom. The number of halogens is 1. The molecule has 1 aliphatic rings. The summed E-state index contributed by atoms with van der Waals surface area (Å²) in [5.41, 5.74) is 1.66. The Morgan fingerprint density at radius 2 is 1.91 bits per heavy atom. The van der Waals surface area contributed by atoms with E-state index in [0.717, 1.165) is 18.4 Å². The number of rotatable bonds is 7. The quantitative estimate of drug-likeness (QED) is 0.491. The summed E-state index contributed by atoms with van der Waals surface area (Å²) in [5, 5.41) is 0.702. The van der Waals surface area contributed by atoms with Crippen LogP contribution in [0.15, 0.2) is 42.5 Å². The zero-order valence-electron chi connectivity index (χ0n) is 18.3. The van der Waals surface area contributed by atoms with Gasteiger partial charge in [0.05, 0.1) is 26.0 Å². The van der Waals surface area contributed by atoms with Crippen molar-refractivity contribution in [2.45, 2.75) is 32.4 Å². The molecule has 0 radical (unpaired) electrons. The first-order chi connectivity index (χ1) is 15.5. The Balaban J connectivity index is 1.51. The maximum atomic E-state index is 13.4. The lowest BCUT2D eigenvalue weighted by molar-refractivity contribution is 0.0738. The number of amides is 1. The van der Waals surface area contributed by atoms with Crippen LogP contribution in [0, 0.1) is 12.7 Å². The van der Waals surface area contributed by atoms with Crippen molar-refractivity contribution in [3.05, 3.63) is 69.4 Å². The average Bonchev–Trinajstić information content (AvgIpc) is 3.44. The monoisotopic (exact) mass is 456 g/mol. The molecule has 168 valence electrons. The number of aryl methyl sites for hydroxylation is 1. The molecular formula is C24H25FN2O4S. The Morgan fingerprint density at radius 3 is 2.62 bits per heavy atom. The number of thiazole rings is 1. The van der Waals surface area contributed by atoms with Gasteiger partial charge in [-0.25, -0.2) is 9.37 Å². The van der Waals surface area contributed by atoms with E-state index in [1.807, 2.05) is 30.0 Å². The van der Waals surface area contributed by atoms with Crippen LogP contribution >= 0.6 is 11.3 Å². The van der Waals surface area contributed by atoms with Gasteiger partial charge in [0, 0.05) is 18.2 Å². The summed E-state index contributed by atoms with van der Waals surface area (Å²) in [6.45, 7) is 2.74. The van der Waals surface area contributed by atoms with E-state index in [1.54, 1.807) is 26.4 Å². The highest BCUT2D eigenvalue weighted by Gasteiger charge is 2.34. The van der Waals surface area contributed by atoms with Gasteiger partial charge in [-0.05, 0) is 56.2 Å². The fraction of sp³-hybridized carbons (Fsp3) is 0.333. The van der Waals surface area contributed by atoms with Gasteiger partial charge in [-0.1, -0.05) is 0 Å². The number of nitrogens with zero attached hydrogens (tertiary/aromatic N) is 2. The van der Waals surface area contributed by atoms with E-state index >= 15 is 0 Å². The molecular weight excluding hydrogens is 431 g/mol. The van der Waals surface area contributed by atoms with E-state index < -0.39 is 0 Å². The minimum atomic E-state index is -0.316. The molecule has 1 amide bonds. The van der Waals surface area contributed by atoms with Crippen molar-refractivity contribution in [1.29, 1.82) is 0 Å². The molecule has 0 saturated carbocycles. The van der Waals surface area contributed by atoms with Gasteiger partial charge in [0.2, 0.25) is 0 Å². The second-order valence-electron chi connectivity index (χ2n) is 7.53. The van der Waals surface area contributed by atoms with Crippen LogP contribution in [0.25, 0.3) is 0 Å². The summed E-state index contributed by atoms with van der Waals surface area (Å²) < 4.78 is 29.6. The zero-order chi connectivity index (χ0) is 22.7. The van der Waals surface area contributed by atoms with Gasteiger partial charge in [0.25, 0.3) is 5.91 Å². The summed E-state index contributed by atoms with van der Waals surface area (Å²) in [6.07, 6.45) is 1.79. The lowest BCUT2D eigenvalue weighted by Gasteiger charge is -2.26. The fourth-order valence-corrected chi connectivity index (χ4v) is 4.88. The molecule has 1 fully saturated rings. The molecule has 3 aromatic rings. The van der Waals surface area contributed by atoms with Crippen LogP contribution in [0.4, 0.5) is 4.39 Å². The van der Waals surface area contributed by atoms with E-state index in [-0.39, 0.29) is 24.4 Å². The molecule has 4 rings (SSSR count). The highest BCUT2D eigenvalue weighted by Crippen LogP contribution is 2.40. The number of aromatic nitrogens is 1. The number of carbonyl (C=O) groups is 1. The number of carbonyl (C=O) groups excluding carboxylic acids is 1. The smallest absolute Gasteiger partial charge is 0.266 e. The van der Waals surface area contributed by atoms with E-state index in [9.17, 15) is 9.18 Å². The Kier molecular flexibility index (Phi) is 6.60. The molecule has 2 aromatic carbocycles. The van der Waals surface area contributed by atoms with Gasteiger partial charge < -0.3 is 19.1 Å². The Bertz CT molecular complexity index is 1100. The molecule has 0 spiro atoms. The first-order valence-electron chi connectivity index (χ1n) is 10.4. The summed E-state index contributed by atoms with van der Waals surface area (Å²) in [6, 6.07) is 11.5. The summed E-state index contributed by atoms with van der Waals surface area (Å²) in [5.74, 6) is 1.63. The Hall–Kier alpha value is -3.13. The van der Waals surface area contributed by atoms with E-state index in [4.69, 9.17) is 14.2 Å². The van der Waals surface area contributed by atoms with Gasteiger partial charge in [-0.2, -0.15) is 0 Å². The predicted molar refractivity (Wildman–Crippen MR) is 120 cm³/mol. The highest BCUT2D eigenvalue weighted by atomic mass is 32.1. The molecule has 8 heteroatoms. The second-order valence-corrected chi connectivity index (χ2v) is 8.61. The van der Waals surface area contributed by atoms with Gasteiger partial charge in [-0.15, -0.1) is 11.3 Å². The zero-order valence-corrected chi connectivity index (χ0v) is 19.1. The van der Waals surface area contributed by atoms with E-state index in [0.29, 0.717) is 39.4 Å². The SMILES string of the molecule is COc1ccc([C@H]2CCCN2C(=O)c2sc(COc3ccc(F)cc3)nc2C)c(OC)c1. The minimum Gasteiger partial charge on any atom is -0.497 e. The normalized spacial score (nSPS) is 15.6. The van der Waals surface area contributed by atoms with Crippen molar-refractivity contribution >= 4 is 17.2 Å². The predicted octanol–water partition coefficient (Wildman–Crippen LogP) is 5.16. The molecule has 6 nitrogen and oxygen atoms in total. The molecule has 1 atom stereocenters. The number of hydrogen-bond donors (Lipinski definition) is 0. The molecule has 2 heterocycles. The van der Waals surface area contributed by atoms with E-state index in [1.165, 1.54) is 23.5 Å². The summed E-state index contributed by atoms with van der Waals surface area (Å²) in [4.78, 5) is 20.5. The largest absolute Gasteiger partial charge is 0.497 e. The maximum Gasteiger partial charge on any atom is 0.266 e. The average molecular weight is 457 g/mol. The first kappa shape index (κ1) is 22.1. The molecule has 0 bridgehead atoms. The standard InChI is InChI=1S/C24H25FN2O4S/c1-15-23(32-22(26-15)14-31-17-8-6-16(25)7-9-17)24(28)27-12-4-5-20(27)19-11-10-18(29-2)13-21(19)30-3/h6-11,13,20H,4-5,12,14H2,1-3H3/t20-/m1/s1. The van der Waals surface area contributed by atoms with Crippen LogP contribution in [0.2, 0.25) is 0 Å². The number of hydrogen-bond acceptors (Lipinski definition) is 6. The lowest BCUT2D eigenvalue weighted by atomic mass is 10.0. The molecule has 1 saturated heterocycles. The van der Waals surface area contributed by atoms with E-state index in [2.05, 4.69) is 4.98 Å². The van der Waals surface area contributed by atoms with Crippen LogP contribution in [0.5, 0.6) is 17.2 Å². The van der Waals surface area contributed by atoms with Crippen molar-refractivity contribution in [2.24, 2.45) is 0 Å². The fourth-order valence-electron chi connectivity index (χ4n) is 3.95. The van der Waals surface area contributed by atoms with Crippen molar-refractivity contribution in [3.63, 3.8) is 0 Å². The highest BCUT2D eigenvalue weighted by molar-refractivity contribution is 7.13. The lowest BCUT2D eigenvalue weighted by Crippen LogP contribution is -2.30. The van der Waals surface area contributed by atoms with Crippen LogP contribution in [-0.4, -0.2) is 36.6 Å². The van der Waals surface area contributed by atoms with Crippen molar-refractivity contribution in [3.8, 4) is 17.2 Å². The first-order valence-corrected chi connectivity index (χ1v) is 11.2. The number of benzene rings is 2. The van der Waals surface area contributed by atoms with Gasteiger partial charge in [-0.3, -0.25) is 4.79 Å². The molecule has 0 N–H and O–H groups in total. The van der Waals surface area contributed by atoms with Crippen molar-refractivity contribution in [2.75, 3.05) is 20.8 Å². The van der Waals surface area contributed by atoms with Crippen molar-refractivity contribution in [1.82, 2.24) is 9.88 Å². The molecule has 1 aliphatic heterocycles. The second kappa shape index (κ2) is 9.56. The van der Waals surface area contributed by atoms with Gasteiger partial charge in [0.1, 0.15) is 39.6 Å². The molecule has 32 heavy (non-hydrogen) atoms. The Labute approximate surface area is 190 Å². The van der Waals surface area contributed by atoms with Gasteiger partial charge in [0.15, 0.2) is 0 Å². The minimum absolute atomic E-state index is 0.0339. The summed E-state index contributed by atoms with van der Waals surface area (Å²) in [7, 11) is 3.24. The topological polar surface area (TPSA) is 60.9 Å². The molecule has 0 aliphatic carbocycles. The third kappa shape index (κ3) is 4.55. The maximum absolute atomic E-state index is 13.4. The number of methoxy groups -OCH3 is 2. The molecule has 1 aromatic heterocycles. The van der Waals surface area contributed by atoms with Crippen LogP contribution in [-0.2, 0) is 6.61 Å². The van der Waals surface area contributed by atoms with Crippen LogP contribution in [0.1, 0.15) is 44.8 Å². The third-order valence-electron chi connectivity index (χ3n) is 5.52. The number of ether oxygens (including phenoxy) is 3. The van der Waals surface area contributed by atoms with Crippen molar-refractivity contribution < 1.29 is 23.4 Å². The third-order valence-corrected chi connectivity index (χ3v) is 6.64. The molecule has 0 unspecified atom stereocenters.